The van der Waals surface area contributed by atoms with Gasteiger partial charge in [-0.15, -0.1) is 0 Å². The minimum Gasteiger partial charge on any atom is -0.494 e. The molecule has 1 aliphatic heterocycles. The van der Waals surface area contributed by atoms with Crippen molar-refractivity contribution in [2.24, 2.45) is 11.8 Å². The average Bonchev–Trinajstić information content (AvgIpc) is 2.89. The molecule has 1 aliphatic carbocycles. The van der Waals surface area contributed by atoms with E-state index in [1.165, 1.54) is 13.2 Å². The van der Waals surface area contributed by atoms with Crippen LogP contribution in [-0.4, -0.2) is 36.3 Å². The van der Waals surface area contributed by atoms with E-state index in [9.17, 15) is 14.3 Å². The number of halogens is 1. The van der Waals surface area contributed by atoms with Gasteiger partial charge in [0.1, 0.15) is 0 Å². The van der Waals surface area contributed by atoms with Crippen LogP contribution in [-0.2, 0) is 4.79 Å². The molecule has 2 fully saturated rings. The summed E-state index contributed by atoms with van der Waals surface area (Å²) in [5, 5.41) is 12.7. The SMILES string of the molecule is COc1ccc(C(NC(=O)CC2C(C)NNC2C)C2CC(O)C2)cc1F. The number of carbonyl (C=O) groups is 1. The van der Waals surface area contributed by atoms with Gasteiger partial charge < -0.3 is 15.2 Å². The standard InChI is InChI=1S/C19H28FN3O3/c1-10-15(11(2)23-22-10)9-18(25)21-19(13-6-14(24)7-13)12-4-5-17(26-3)16(20)8-12/h4-5,8,10-11,13-15,19,22-24H,6-7,9H2,1-3H3,(H,21,25). The summed E-state index contributed by atoms with van der Waals surface area (Å²) in [5.41, 5.74) is 7.01. The van der Waals surface area contributed by atoms with E-state index in [2.05, 4.69) is 16.2 Å². The number of nitrogens with one attached hydrogen (secondary N) is 3. The van der Waals surface area contributed by atoms with Gasteiger partial charge in [-0.3, -0.25) is 15.6 Å². The highest BCUT2D eigenvalue weighted by Gasteiger charge is 2.37. The zero-order valence-corrected chi connectivity index (χ0v) is 15.5. The Balaban J connectivity index is 1.72. The fraction of sp³-hybridized carbons (Fsp3) is 0.632. The molecule has 7 heteroatoms. The number of carbonyl (C=O) groups excluding carboxylic acids is 1. The minimum atomic E-state index is -0.449. The third-order valence-corrected chi connectivity index (χ3v) is 5.72. The molecule has 2 aliphatic rings. The lowest BCUT2D eigenvalue weighted by Gasteiger charge is -2.38. The third kappa shape index (κ3) is 4.00. The van der Waals surface area contributed by atoms with Crippen molar-refractivity contribution in [3.05, 3.63) is 29.6 Å². The topological polar surface area (TPSA) is 82.6 Å². The smallest absolute Gasteiger partial charge is 0.220 e. The van der Waals surface area contributed by atoms with Crippen LogP contribution in [0.1, 0.15) is 44.7 Å². The van der Waals surface area contributed by atoms with Gasteiger partial charge in [-0.25, -0.2) is 4.39 Å². The Morgan fingerprint density at radius 2 is 2.00 bits per heavy atom. The largest absolute Gasteiger partial charge is 0.494 e. The first-order valence-electron chi connectivity index (χ1n) is 9.21. The lowest BCUT2D eigenvalue weighted by molar-refractivity contribution is -0.124. The van der Waals surface area contributed by atoms with Crippen LogP contribution in [0.25, 0.3) is 0 Å². The molecular formula is C19H28FN3O3. The zero-order chi connectivity index (χ0) is 18.8. The molecule has 0 aromatic heterocycles. The number of hydrogen-bond donors (Lipinski definition) is 4. The number of hydrazine groups is 1. The lowest BCUT2D eigenvalue weighted by atomic mass is 9.75. The van der Waals surface area contributed by atoms with Gasteiger partial charge in [0, 0.05) is 24.4 Å². The maximum atomic E-state index is 14.1. The van der Waals surface area contributed by atoms with Crippen molar-refractivity contribution in [2.75, 3.05) is 7.11 Å². The van der Waals surface area contributed by atoms with Crippen LogP contribution in [0.3, 0.4) is 0 Å². The van der Waals surface area contributed by atoms with Gasteiger partial charge in [-0.2, -0.15) is 0 Å². The molecule has 144 valence electrons. The second kappa shape index (κ2) is 7.90. The van der Waals surface area contributed by atoms with Gasteiger partial charge in [0.2, 0.25) is 5.91 Å². The second-order valence-electron chi connectivity index (χ2n) is 7.56. The number of methoxy groups -OCH3 is 1. The Bertz CT molecular complexity index is 641. The highest BCUT2D eigenvalue weighted by Crippen LogP contribution is 2.39. The fourth-order valence-corrected chi connectivity index (χ4v) is 3.96. The average molecular weight is 365 g/mol. The summed E-state index contributed by atoms with van der Waals surface area (Å²) in [7, 11) is 1.42. The van der Waals surface area contributed by atoms with Gasteiger partial charge in [-0.1, -0.05) is 6.07 Å². The van der Waals surface area contributed by atoms with E-state index in [1.807, 2.05) is 13.8 Å². The summed E-state index contributed by atoms with van der Waals surface area (Å²) in [6, 6.07) is 4.88. The Morgan fingerprint density at radius 3 is 2.54 bits per heavy atom. The zero-order valence-electron chi connectivity index (χ0n) is 15.5. The molecule has 0 bridgehead atoms. The number of hydrogen-bond acceptors (Lipinski definition) is 5. The summed E-state index contributed by atoms with van der Waals surface area (Å²) < 4.78 is 19.1. The quantitative estimate of drug-likeness (QED) is 0.616. The lowest BCUT2D eigenvalue weighted by Crippen LogP contribution is -2.42. The molecule has 1 aromatic rings. The molecule has 1 saturated heterocycles. The Labute approximate surface area is 153 Å². The van der Waals surface area contributed by atoms with Gasteiger partial charge in [0.05, 0.1) is 19.3 Å². The number of ether oxygens (including phenoxy) is 1. The van der Waals surface area contributed by atoms with Crippen molar-refractivity contribution in [1.29, 1.82) is 0 Å². The van der Waals surface area contributed by atoms with Crippen LogP contribution < -0.4 is 20.9 Å². The molecule has 6 nitrogen and oxygen atoms in total. The van der Waals surface area contributed by atoms with Crippen molar-refractivity contribution in [1.82, 2.24) is 16.2 Å². The monoisotopic (exact) mass is 365 g/mol. The Hall–Kier alpha value is -1.70. The van der Waals surface area contributed by atoms with Crippen molar-refractivity contribution in [3.8, 4) is 5.75 Å². The molecule has 1 heterocycles. The molecule has 4 N–H and O–H groups in total. The fourth-order valence-electron chi connectivity index (χ4n) is 3.96. The van der Waals surface area contributed by atoms with Crippen molar-refractivity contribution >= 4 is 5.91 Å². The number of amides is 1. The maximum Gasteiger partial charge on any atom is 0.220 e. The number of rotatable bonds is 6. The number of aliphatic hydroxyl groups is 1. The first-order chi connectivity index (χ1) is 12.4. The van der Waals surface area contributed by atoms with Crippen molar-refractivity contribution in [3.63, 3.8) is 0 Å². The van der Waals surface area contributed by atoms with Crippen LogP contribution in [0, 0.1) is 17.7 Å². The summed E-state index contributed by atoms with van der Waals surface area (Å²) >= 11 is 0. The Kier molecular flexibility index (Phi) is 5.79. The van der Waals surface area contributed by atoms with Crippen LogP contribution in [0.5, 0.6) is 5.75 Å². The van der Waals surface area contributed by atoms with Crippen molar-refractivity contribution < 1.29 is 19.0 Å². The van der Waals surface area contributed by atoms with Gasteiger partial charge in [0.25, 0.3) is 0 Å². The molecular weight excluding hydrogens is 337 g/mol. The van der Waals surface area contributed by atoms with Crippen LogP contribution in [0.4, 0.5) is 4.39 Å². The van der Waals surface area contributed by atoms with Gasteiger partial charge in [-0.05, 0) is 50.3 Å². The van der Waals surface area contributed by atoms with Crippen LogP contribution >= 0.6 is 0 Å². The molecule has 3 rings (SSSR count). The molecule has 1 amide bonds. The third-order valence-electron chi connectivity index (χ3n) is 5.72. The summed E-state index contributed by atoms with van der Waals surface area (Å²) in [5.74, 6) is -0.0257. The van der Waals surface area contributed by atoms with Gasteiger partial charge >= 0.3 is 0 Å². The molecule has 0 radical (unpaired) electrons. The molecule has 3 atom stereocenters. The number of benzene rings is 1. The summed E-state index contributed by atoms with van der Waals surface area (Å²) in [6.45, 7) is 4.10. The first kappa shape index (κ1) is 19.1. The van der Waals surface area contributed by atoms with E-state index in [-0.39, 0.29) is 47.7 Å². The van der Waals surface area contributed by atoms with Crippen LogP contribution in [0.15, 0.2) is 18.2 Å². The predicted molar refractivity (Wildman–Crippen MR) is 95.9 cm³/mol. The maximum absolute atomic E-state index is 14.1. The molecule has 0 spiro atoms. The Morgan fingerprint density at radius 1 is 1.35 bits per heavy atom. The van der Waals surface area contributed by atoms with E-state index in [0.29, 0.717) is 24.8 Å². The van der Waals surface area contributed by atoms with Crippen molar-refractivity contribution in [2.45, 2.75) is 57.3 Å². The summed E-state index contributed by atoms with van der Waals surface area (Å²) in [6.07, 6.45) is 1.27. The summed E-state index contributed by atoms with van der Waals surface area (Å²) in [4.78, 5) is 12.7. The van der Waals surface area contributed by atoms with E-state index in [4.69, 9.17) is 4.74 Å². The van der Waals surface area contributed by atoms with E-state index >= 15 is 0 Å². The van der Waals surface area contributed by atoms with Crippen LogP contribution in [0.2, 0.25) is 0 Å². The molecule has 26 heavy (non-hydrogen) atoms. The minimum absolute atomic E-state index is 0.0539. The highest BCUT2D eigenvalue weighted by molar-refractivity contribution is 5.77. The van der Waals surface area contributed by atoms with Gasteiger partial charge in [0.15, 0.2) is 11.6 Å². The van der Waals surface area contributed by atoms with E-state index < -0.39 is 5.82 Å². The van der Waals surface area contributed by atoms with E-state index in [0.717, 1.165) is 0 Å². The molecule has 1 saturated carbocycles. The second-order valence-corrected chi connectivity index (χ2v) is 7.56. The normalized spacial score (nSPS) is 32.0. The molecule has 3 unspecified atom stereocenters. The number of aliphatic hydroxyl groups excluding tert-OH is 1. The highest BCUT2D eigenvalue weighted by atomic mass is 19.1. The first-order valence-corrected chi connectivity index (χ1v) is 9.21. The molecule has 1 aromatic carbocycles. The van der Waals surface area contributed by atoms with E-state index in [1.54, 1.807) is 12.1 Å². The predicted octanol–water partition coefficient (Wildman–Crippen LogP) is 1.65.